The van der Waals surface area contributed by atoms with Crippen LogP contribution in [-0.4, -0.2) is 58.2 Å². The van der Waals surface area contributed by atoms with Gasteiger partial charge < -0.3 is 14.5 Å². The van der Waals surface area contributed by atoms with Gasteiger partial charge in [-0.2, -0.15) is 4.31 Å². The first kappa shape index (κ1) is 25.4. The maximum atomic E-state index is 13.5. The molecule has 1 aromatic carbocycles. The smallest absolute Gasteiger partial charge is 0.407 e. The van der Waals surface area contributed by atoms with E-state index in [4.69, 9.17) is 4.74 Å². The van der Waals surface area contributed by atoms with Gasteiger partial charge in [-0.15, -0.1) is 0 Å². The Kier molecular flexibility index (Phi) is 6.35. The summed E-state index contributed by atoms with van der Waals surface area (Å²) in [6.07, 6.45) is 7.00. The number of aryl methyl sites for hydroxylation is 1. The fraction of sp³-hybridized carbons (Fsp3) is 0.444. The van der Waals surface area contributed by atoms with Crippen LogP contribution in [0.1, 0.15) is 56.0 Å². The molecule has 3 fully saturated rings. The fourth-order valence-electron chi connectivity index (χ4n) is 5.35. The van der Waals surface area contributed by atoms with Crippen molar-refractivity contribution < 1.29 is 22.7 Å². The van der Waals surface area contributed by atoms with E-state index < -0.39 is 27.3 Å². The highest BCUT2D eigenvalue weighted by Gasteiger charge is 2.60. The monoisotopic (exact) mass is 524 g/mol. The molecule has 6 rings (SSSR count). The predicted molar refractivity (Wildman–Crippen MR) is 138 cm³/mol. The number of benzene rings is 1. The Hall–Kier alpha value is -3.24. The zero-order valence-electron chi connectivity index (χ0n) is 21.3. The second-order valence-electron chi connectivity index (χ2n) is 11.1. The SMILES string of the molecule is CC(C)(C)OC(=O)NCC12CC(CN1S(=O)(=O)c1ccc(CCC(=O)c3ccc4nccn4c3)cc1)C2. The minimum absolute atomic E-state index is 0.0172. The van der Waals surface area contributed by atoms with Crippen LogP contribution in [0.4, 0.5) is 4.79 Å². The Morgan fingerprint density at radius 2 is 1.86 bits per heavy atom. The van der Waals surface area contributed by atoms with Gasteiger partial charge >= 0.3 is 6.09 Å². The Balaban J connectivity index is 1.22. The molecule has 0 unspecified atom stereocenters. The normalized spacial score (nSPS) is 21.5. The molecule has 196 valence electrons. The predicted octanol–water partition coefficient (Wildman–Crippen LogP) is 3.83. The molecule has 1 N–H and O–H groups in total. The summed E-state index contributed by atoms with van der Waals surface area (Å²) in [5.41, 5.74) is 1.06. The van der Waals surface area contributed by atoms with Crippen LogP contribution >= 0.6 is 0 Å². The molecule has 0 spiro atoms. The molecule has 0 radical (unpaired) electrons. The molecule has 4 heterocycles. The van der Waals surface area contributed by atoms with Crippen LogP contribution in [0.2, 0.25) is 0 Å². The number of ketones is 1. The van der Waals surface area contributed by atoms with Crippen molar-refractivity contribution >= 4 is 27.5 Å². The standard InChI is InChI=1S/C27H32N4O5S/c1-26(2,3)36-25(33)29-18-27-14-20(15-27)16-31(27)37(34,35)22-8-4-19(5-9-22)6-10-23(32)21-7-11-24-28-12-13-30(24)17-21/h4-5,7-9,11-13,17,20H,6,10,14-16,18H2,1-3H3,(H,29,33). The average Bonchev–Trinajstić information content (AvgIpc) is 3.53. The van der Waals surface area contributed by atoms with E-state index in [1.165, 1.54) is 0 Å². The van der Waals surface area contributed by atoms with Gasteiger partial charge in [0.1, 0.15) is 11.2 Å². The van der Waals surface area contributed by atoms with Gasteiger partial charge in [0.05, 0.1) is 10.4 Å². The lowest BCUT2D eigenvalue weighted by molar-refractivity contribution is 0.0479. The van der Waals surface area contributed by atoms with Gasteiger partial charge in [0.15, 0.2) is 5.78 Å². The van der Waals surface area contributed by atoms with Crippen molar-refractivity contribution in [2.24, 2.45) is 5.92 Å². The van der Waals surface area contributed by atoms with E-state index in [0.717, 1.165) is 24.1 Å². The van der Waals surface area contributed by atoms with E-state index in [1.807, 2.05) is 10.5 Å². The Morgan fingerprint density at radius 3 is 2.57 bits per heavy atom. The maximum absolute atomic E-state index is 13.5. The number of hydrogen-bond donors (Lipinski definition) is 1. The summed E-state index contributed by atoms with van der Waals surface area (Å²) in [7, 11) is -3.73. The summed E-state index contributed by atoms with van der Waals surface area (Å²) in [6.45, 7) is 6.04. The lowest BCUT2D eigenvalue weighted by atomic mass is 9.73. The first-order chi connectivity index (χ1) is 17.5. The minimum atomic E-state index is -3.73. The van der Waals surface area contributed by atoms with E-state index in [-0.39, 0.29) is 17.2 Å². The largest absolute Gasteiger partial charge is 0.444 e. The lowest BCUT2D eigenvalue weighted by Crippen LogP contribution is -2.56. The average molecular weight is 525 g/mol. The van der Waals surface area contributed by atoms with E-state index >= 15 is 0 Å². The highest BCUT2D eigenvalue weighted by Crippen LogP contribution is 2.52. The van der Waals surface area contributed by atoms with Crippen molar-refractivity contribution in [3.63, 3.8) is 0 Å². The van der Waals surface area contributed by atoms with Crippen LogP contribution < -0.4 is 5.32 Å². The first-order valence-electron chi connectivity index (χ1n) is 12.5. The highest BCUT2D eigenvalue weighted by molar-refractivity contribution is 7.89. The topological polar surface area (TPSA) is 110 Å². The van der Waals surface area contributed by atoms with Crippen molar-refractivity contribution in [2.45, 2.75) is 62.5 Å². The number of amides is 1. The molecular formula is C27H32N4O5S. The van der Waals surface area contributed by atoms with Gasteiger partial charge in [-0.1, -0.05) is 12.1 Å². The van der Waals surface area contributed by atoms with Gasteiger partial charge in [0.25, 0.3) is 0 Å². The number of aromatic nitrogens is 2. The Morgan fingerprint density at radius 1 is 1.14 bits per heavy atom. The second kappa shape index (κ2) is 9.25. The number of ether oxygens (including phenoxy) is 1. The van der Waals surface area contributed by atoms with Gasteiger partial charge in [-0.3, -0.25) is 4.79 Å². The molecule has 3 aliphatic rings. The number of sulfonamides is 1. The van der Waals surface area contributed by atoms with Crippen molar-refractivity contribution in [1.29, 1.82) is 0 Å². The third-order valence-corrected chi connectivity index (χ3v) is 9.10. The van der Waals surface area contributed by atoms with Gasteiger partial charge in [0.2, 0.25) is 10.0 Å². The fourth-order valence-corrected chi connectivity index (χ4v) is 7.22. The second-order valence-corrected chi connectivity index (χ2v) is 12.9. The van der Waals surface area contributed by atoms with Crippen LogP contribution in [0.3, 0.4) is 0 Å². The zero-order chi connectivity index (χ0) is 26.4. The van der Waals surface area contributed by atoms with Crippen molar-refractivity contribution in [2.75, 3.05) is 13.1 Å². The third kappa shape index (κ3) is 5.13. The summed E-state index contributed by atoms with van der Waals surface area (Å²) < 4.78 is 35.7. The maximum Gasteiger partial charge on any atom is 0.407 e. The van der Waals surface area contributed by atoms with Crippen LogP contribution in [-0.2, 0) is 21.2 Å². The number of rotatable bonds is 8. The van der Waals surface area contributed by atoms with Crippen LogP contribution in [0.15, 0.2) is 59.9 Å². The zero-order valence-corrected chi connectivity index (χ0v) is 22.1. The summed E-state index contributed by atoms with van der Waals surface area (Å²) in [4.78, 5) is 29.2. The number of alkyl carbamates (subject to hydrolysis) is 1. The Labute approximate surface area is 216 Å². The summed E-state index contributed by atoms with van der Waals surface area (Å²) >= 11 is 0. The molecule has 1 amide bonds. The number of hydrogen-bond acceptors (Lipinski definition) is 6. The molecule has 2 saturated heterocycles. The van der Waals surface area contributed by atoms with Crippen LogP contribution in [0.5, 0.6) is 0 Å². The van der Waals surface area contributed by atoms with Crippen molar-refractivity contribution in [3.8, 4) is 0 Å². The first-order valence-corrected chi connectivity index (χ1v) is 13.9. The van der Waals surface area contributed by atoms with Crippen molar-refractivity contribution in [1.82, 2.24) is 19.0 Å². The number of carbonyl (C=O) groups excluding carboxylic acids is 2. The minimum Gasteiger partial charge on any atom is -0.444 e. The van der Waals surface area contributed by atoms with E-state index in [0.29, 0.717) is 30.9 Å². The molecule has 10 heteroatoms. The number of Topliss-reactive ketones (excluding diaryl/α,β-unsaturated/α-hetero) is 1. The van der Waals surface area contributed by atoms with Crippen molar-refractivity contribution in [3.05, 3.63) is 66.1 Å². The molecule has 2 aromatic heterocycles. The quantitative estimate of drug-likeness (QED) is 0.449. The van der Waals surface area contributed by atoms with E-state index in [1.54, 1.807) is 74.0 Å². The van der Waals surface area contributed by atoms with Gasteiger partial charge in [-0.05, 0) is 75.8 Å². The van der Waals surface area contributed by atoms with E-state index in [2.05, 4.69) is 10.3 Å². The number of nitrogens with zero attached hydrogens (tertiary/aromatic N) is 3. The number of fused-ring (bicyclic) bond motifs is 2. The Bertz CT molecular complexity index is 1430. The number of pyridine rings is 1. The lowest BCUT2D eigenvalue weighted by Gasteiger charge is -2.41. The number of imidazole rings is 1. The van der Waals surface area contributed by atoms with E-state index in [9.17, 15) is 18.0 Å². The molecule has 2 aliphatic heterocycles. The number of nitrogens with one attached hydrogen (secondary N) is 1. The number of carbonyl (C=O) groups is 2. The molecule has 0 atom stereocenters. The van der Waals surface area contributed by atoms with Crippen LogP contribution in [0, 0.1) is 5.92 Å². The molecule has 1 saturated carbocycles. The molecule has 2 bridgehead atoms. The summed E-state index contributed by atoms with van der Waals surface area (Å²) in [6, 6.07) is 10.3. The van der Waals surface area contributed by atoms with Crippen LogP contribution in [0.25, 0.3) is 5.65 Å². The third-order valence-electron chi connectivity index (χ3n) is 7.11. The van der Waals surface area contributed by atoms with Gasteiger partial charge in [-0.25, -0.2) is 18.2 Å². The molecular weight excluding hydrogens is 492 g/mol. The molecule has 9 nitrogen and oxygen atoms in total. The summed E-state index contributed by atoms with van der Waals surface area (Å²) in [5, 5.41) is 2.77. The highest BCUT2D eigenvalue weighted by atomic mass is 32.2. The molecule has 3 aromatic rings. The molecule has 37 heavy (non-hydrogen) atoms. The molecule has 1 aliphatic carbocycles. The van der Waals surface area contributed by atoms with Gasteiger partial charge in [0, 0.05) is 43.7 Å². The summed E-state index contributed by atoms with van der Waals surface area (Å²) in [5.74, 6) is 0.325.